The molecule has 1 aliphatic heterocycles. The van der Waals surface area contributed by atoms with Gasteiger partial charge in [0.1, 0.15) is 6.33 Å². The molecule has 3 aromatic heterocycles. The SMILES string of the molecule is Cc1nn(-c2ccccc2)c2c1[C@H](c1ccccc1)c1c(ncn3nc(-c4ccccc4Cl)nc13)O2. The van der Waals surface area contributed by atoms with Crippen LogP contribution in [-0.4, -0.2) is 29.4 Å². The zero-order valence-electron chi connectivity index (χ0n) is 19.2. The minimum absolute atomic E-state index is 0.193. The molecule has 3 aromatic carbocycles. The second kappa shape index (κ2) is 8.03. The summed E-state index contributed by atoms with van der Waals surface area (Å²) in [6.45, 7) is 2.01. The fourth-order valence-corrected chi connectivity index (χ4v) is 5.08. The van der Waals surface area contributed by atoms with Crippen LogP contribution in [0.5, 0.6) is 11.8 Å². The van der Waals surface area contributed by atoms with Crippen LogP contribution in [0.15, 0.2) is 91.3 Å². The van der Waals surface area contributed by atoms with E-state index in [1.54, 1.807) is 10.8 Å². The van der Waals surface area contributed by atoms with Crippen LogP contribution >= 0.6 is 11.6 Å². The first-order valence-corrected chi connectivity index (χ1v) is 11.9. The summed E-state index contributed by atoms with van der Waals surface area (Å²) in [4.78, 5) is 9.58. The third kappa shape index (κ3) is 3.13. The predicted molar refractivity (Wildman–Crippen MR) is 137 cm³/mol. The van der Waals surface area contributed by atoms with Crippen molar-refractivity contribution in [2.24, 2.45) is 0 Å². The van der Waals surface area contributed by atoms with Crippen LogP contribution in [0, 0.1) is 6.92 Å². The molecule has 0 spiro atoms. The van der Waals surface area contributed by atoms with E-state index in [9.17, 15) is 0 Å². The molecule has 0 amide bonds. The second-order valence-electron chi connectivity index (χ2n) is 8.64. The first-order valence-electron chi connectivity index (χ1n) is 11.6. The lowest BCUT2D eigenvalue weighted by Gasteiger charge is -2.26. The van der Waals surface area contributed by atoms with Crippen LogP contribution in [-0.2, 0) is 0 Å². The largest absolute Gasteiger partial charge is 0.420 e. The number of ether oxygens (including phenoxy) is 1. The van der Waals surface area contributed by atoms with E-state index >= 15 is 0 Å². The zero-order chi connectivity index (χ0) is 24.2. The van der Waals surface area contributed by atoms with Crippen molar-refractivity contribution in [2.75, 3.05) is 0 Å². The molecule has 8 heteroatoms. The van der Waals surface area contributed by atoms with Gasteiger partial charge in [0.25, 0.3) is 0 Å². The van der Waals surface area contributed by atoms with Gasteiger partial charge in [0, 0.05) is 5.56 Å². The number of aromatic nitrogens is 6. The normalized spacial score (nSPS) is 14.3. The molecule has 0 saturated carbocycles. The average Bonchev–Trinajstić information content (AvgIpc) is 3.50. The molecule has 0 unspecified atom stereocenters. The lowest BCUT2D eigenvalue weighted by atomic mass is 9.84. The first kappa shape index (κ1) is 20.8. The molecule has 0 bridgehead atoms. The summed E-state index contributed by atoms with van der Waals surface area (Å²) in [7, 11) is 0. The average molecular weight is 491 g/mol. The highest BCUT2D eigenvalue weighted by Gasteiger charge is 2.38. The molecule has 6 aromatic rings. The van der Waals surface area contributed by atoms with Crippen molar-refractivity contribution in [3.05, 3.63) is 119 Å². The van der Waals surface area contributed by atoms with Crippen LogP contribution < -0.4 is 4.74 Å². The number of hydrogen-bond donors (Lipinski definition) is 0. The Hall–Kier alpha value is -4.49. The standard InChI is InChI=1S/C28H19ClN6O/c1-17-22-23(18-10-4-2-5-11-18)24-26-31-25(20-14-8-9-15-21(20)29)33-34(26)16-30-27(24)36-28(22)35(32-17)19-12-6-3-7-13-19/h2-16,23H,1H3/t23-/m0/s1. The number of benzene rings is 3. The van der Waals surface area contributed by atoms with Gasteiger partial charge in [-0.05, 0) is 36.8 Å². The van der Waals surface area contributed by atoms with Gasteiger partial charge in [-0.1, -0.05) is 72.3 Å². The van der Waals surface area contributed by atoms with Crippen LogP contribution in [0.3, 0.4) is 0 Å². The minimum atomic E-state index is -0.193. The third-order valence-corrected chi connectivity index (χ3v) is 6.80. The molecule has 4 heterocycles. The molecule has 0 saturated heterocycles. The molecule has 7 nitrogen and oxygen atoms in total. The highest BCUT2D eigenvalue weighted by molar-refractivity contribution is 6.33. The quantitative estimate of drug-likeness (QED) is 0.294. The van der Waals surface area contributed by atoms with Crippen molar-refractivity contribution >= 4 is 17.2 Å². The monoisotopic (exact) mass is 490 g/mol. The summed E-state index contributed by atoms with van der Waals surface area (Å²) in [6.07, 6.45) is 1.63. The Morgan fingerprint density at radius 2 is 1.56 bits per heavy atom. The van der Waals surface area contributed by atoms with Crippen molar-refractivity contribution in [2.45, 2.75) is 12.8 Å². The van der Waals surface area contributed by atoms with Gasteiger partial charge in [-0.2, -0.15) is 5.10 Å². The summed E-state index contributed by atoms with van der Waals surface area (Å²) >= 11 is 6.46. The Balaban J connectivity index is 1.50. The number of nitrogens with zero attached hydrogens (tertiary/aromatic N) is 6. The molecule has 0 aliphatic carbocycles. The molecule has 1 atom stereocenters. The van der Waals surface area contributed by atoms with Gasteiger partial charge in [0.2, 0.25) is 11.8 Å². The fraction of sp³-hybridized carbons (Fsp3) is 0.0714. The molecular weight excluding hydrogens is 472 g/mol. The Labute approximate surface area is 211 Å². The van der Waals surface area contributed by atoms with E-state index in [0.717, 1.165) is 33.6 Å². The summed E-state index contributed by atoms with van der Waals surface area (Å²) < 4.78 is 10.00. The number of aryl methyl sites for hydroxylation is 1. The molecule has 36 heavy (non-hydrogen) atoms. The lowest BCUT2D eigenvalue weighted by molar-refractivity contribution is 0.402. The van der Waals surface area contributed by atoms with E-state index in [1.165, 1.54) is 0 Å². The van der Waals surface area contributed by atoms with E-state index in [0.29, 0.717) is 28.3 Å². The number of fused-ring (bicyclic) bond motifs is 4. The number of rotatable bonds is 3. The first-order chi connectivity index (χ1) is 17.7. The Bertz CT molecular complexity index is 1740. The van der Waals surface area contributed by atoms with Crippen LogP contribution in [0.2, 0.25) is 5.02 Å². The van der Waals surface area contributed by atoms with Gasteiger partial charge < -0.3 is 4.74 Å². The van der Waals surface area contributed by atoms with Crippen LogP contribution in [0.1, 0.15) is 28.3 Å². The summed E-state index contributed by atoms with van der Waals surface area (Å²) in [5.74, 6) is 1.48. The van der Waals surface area contributed by atoms with Crippen LogP contribution in [0.25, 0.3) is 22.7 Å². The smallest absolute Gasteiger partial charge is 0.230 e. The number of hydrogen-bond acceptors (Lipinski definition) is 5. The third-order valence-electron chi connectivity index (χ3n) is 6.47. The van der Waals surface area contributed by atoms with Gasteiger partial charge in [-0.25, -0.2) is 19.2 Å². The Kier molecular flexibility index (Phi) is 4.65. The molecule has 1 aliphatic rings. The zero-order valence-corrected chi connectivity index (χ0v) is 20.0. The fourth-order valence-electron chi connectivity index (χ4n) is 4.86. The van der Waals surface area contributed by atoms with E-state index < -0.39 is 0 Å². The van der Waals surface area contributed by atoms with Crippen LogP contribution in [0.4, 0.5) is 0 Å². The van der Waals surface area contributed by atoms with Crippen molar-refractivity contribution in [3.8, 4) is 28.8 Å². The highest BCUT2D eigenvalue weighted by atomic mass is 35.5. The van der Waals surface area contributed by atoms with Crippen molar-refractivity contribution < 1.29 is 4.74 Å². The second-order valence-corrected chi connectivity index (χ2v) is 9.05. The number of para-hydroxylation sites is 1. The van der Waals surface area contributed by atoms with Crippen molar-refractivity contribution in [1.29, 1.82) is 0 Å². The lowest BCUT2D eigenvalue weighted by Crippen LogP contribution is -2.16. The topological polar surface area (TPSA) is 70.1 Å². The van der Waals surface area contributed by atoms with Crippen molar-refractivity contribution in [1.82, 2.24) is 29.4 Å². The molecule has 0 radical (unpaired) electrons. The maximum Gasteiger partial charge on any atom is 0.230 e. The molecule has 0 N–H and O–H groups in total. The minimum Gasteiger partial charge on any atom is -0.420 e. The summed E-state index contributed by atoms with van der Waals surface area (Å²) in [5.41, 5.74) is 6.14. The summed E-state index contributed by atoms with van der Waals surface area (Å²) in [6, 6.07) is 27.8. The molecule has 174 valence electrons. The van der Waals surface area contributed by atoms with E-state index in [1.807, 2.05) is 84.4 Å². The van der Waals surface area contributed by atoms with E-state index in [2.05, 4.69) is 17.1 Å². The highest BCUT2D eigenvalue weighted by Crippen LogP contribution is 2.49. The maximum absolute atomic E-state index is 6.46. The summed E-state index contributed by atoms with van der Waals surface area (Å²) in [5, 5.41) is 10.2. The van der Waals surface area contributed by atoms with Gasteiger partial charge in [0.05, 0.1) is 33.4 Å². The van der Waals surface area contributed by atoms with Gasteiger partial charge in [-0.15, -0.1) is 5.10 Å². The Morgan fingerprint density at radius 3 is 2.33 bits per heavy atom. The number of halogens is 1. The van der Waals surface area contributed by atoms with Crippen molar-refractivity contribution in [3.63, 3.8) is 0 Å². The molecular formula is C28H19ClN6O. The van der Waals surface area contributed by atoms with Gasteiger partial charge in [0.15, 0.2) is 11.5 Å². The van der Waals surface area contributed by atoms with Gasteiger partial charge >= 0.3 is 0 Å². The van der Waals surface area contributed by atoms with E-state index in [4.69, 9.17) is 31.5 Å². The predicted octanol–water partition coefficient (Wildman–Crippen LogP) is 6.22. The van der Waals surface area contributed by atoms with E-state index in [-0.39, 0.29) is 5.92 Å². The molecule has 7 rings (SSSR count). The Morgan fingerprint density at radius 1 is 0.833 bits per heavy atom. The maximum atomic E-state index is 6.46. The van der Waals surface area contributed by atoms with Gasteiger partial charge in [-0.3, -0.25) is 0 Å². The molecule has 0 fully saturated rings.